The van der Waals surface area contributed by atoms with Crippen LogP contribution in [-0.4, -0.2) is 12.5 Å². The molecule has 2 aromatic heterocycles. The number of halogens is 2. The first-order valence-corrected chi connectivity index (χ1v) is 8.03. The van der Waals surface area contributed by atoms with E-state index in [0.29, 0.717) is 12.5 Å². The molecule has 2 aromatic rings. The van der Waals surface area contributed by atoms with Gasteiger partial charge in [-0.1, -0.05) is 6.07 Å². The summed E-state index contributed by atoms with van der Waals surface area (Å²) in [4.78, 5) is 6.86. The highest BCUT2D eigenvalue weighted by Crippen LogP contribution is 2.22. The third-order valence-electron chi connectivity index (χ3n) is 2.29. The third-order valence-corrected chi connectivity index (χ3v) is 4.84. The molecule has 0 saturated carbocycles. The van der Waals surface area contributed by atoms with Gasteiger partial charge in [-0.2, -0.15) is 0 Å². The number of aliphatic imine (C=N–C) groups is 1. The van der Waals surface area contributed by atoms with E-state index in [9.17, 15) is 0 Å². The lowest BCUT2D eigenvalue weighted by Gasteiger charge is -2.03. The van der Waals surface area contributed by atoms with Crippen molar-refractivity contribution >= 4 is 68.5 Å². The summed E-state index contributed by atoms with van der Waals surface area (Å²) in [6, 6.07) is 8.27. The van der Waals surface area contributed by atoms with Crippen LogP contribution in [0.4, 0.5) is 0 Å². The molecule has 0 bridgehead atoms. The van der Waals surface area contributed by atoms with Gasteiger partial charge in [-0.05, 0) is 45.9 Å². The summed E-state index contributed by atoms with van der Waals surface area (Å²) in [6.07, 6.45) is 0.985. The lowest BCUT2D eigenvalue weighted by molar-refractivity contribution is 0.858. The molecule has 2 rings (SSSR count). The van der Waals surface area contributed by atoms with Crippen molar-refractivity contribution in [2.45, 2.75) is 13.0 Å². The molecule has 0 amide bonds. The molecule has 2 heterocycles. The van der Waals surface area contributed by atoms with Crippen LogP contribution in [0.3, 0.4) is 0 Å². The number of nitrogens with one attached hydrogen (secondary N) is 1. The Hall–Kier alpha value is -0.120. The van der Waals surface area contributed by atoms with E-state index in [1.165, 1.54) is 9.75 Å². The molecule has 0 radical (unpaired) electrons. The van der Waals surface area contributed by atoms with Gasteiger partial charge < -0.3 is 11.1 Å². The van der Waals surface area contributed by atoms with E-state index in [1.54, 1.807) is 22.7 Å². The van der Waals surface area contributed by atoms with Gasteiger partial charge >= 0.3 is 0 Å². The molecule has 0 spiro atoms. The van der Waals surface area contributed by atoms with Crippen molar-refractivity contribution in [2.24, 2.45) is 10.7 Å². The SMILES string of the molecule is I.NC(=NCc1ccc(Br)s1)NCCc1cccs1. The number of hydrogen-bond donors (Lipinski definition) is 2. The van der Waals surface area contributed by atoms with Crippen molar-refractivity contribution in [1.82, 2.24) is 5.32 Å². The van der Waals surface area contributed by atoms with Gasteiger partial charge in [-0.15, -0.1) is 46.7 Å². The first-order chi connectivity index (χ1) is 8.74. The molecule has 0 saturated heterocycles. The lowest BCUT2D eigenvalue weighted by Crippen LogP contribution is -2.33. The van der Waals surface area contributed by atoms with E-state index in [0.717, 1.165) is 16.8 Å². The van der Waals surface area contributed by atoms with Crippen LogP contribution in [0.5, 0.6) is 0 Å². The fourth-order valence-electron chi connectivity index (χ4n) is 1.42. The number of rotatable bonds is 5. The fourth-order valence-corrected chi connectivity index (χ4v) is 3.54. The van der Waals surface area contributed by atoms with Gasteiger partial charge in [0.2, 0.25) is 0 Å². The van der Waals surface area contributed by atoms with Crippen molar-refractivity contribution in [3.8, 4) is 0 Å². The molecule has 19 heavy (non-hydrogen) atoms. The van der Waals surface area contributed by atoms with Crippen LogP contribution >= 0.6 is 62.6 Å². The third kappa shape index (κ3) is 6.24. The van der Waals surface area contributed by atoms with E-state index in [2.05, 4.69) is 49.8 Å². The van der Waals surface area contributed by atoms with Gasteiger partial charge in [0.25, 0.3) is 0 Å². The molecular formula is C12H15BrIN3S2. The van der Waals surface area contributed by atoms with Gasteiger partial charge in [0.1, 0.15) is 0 Å². The first-order valence-electron chi connectivity index (χ1n) is 5.54. The van der Waals surface area contributed by atoms with Crippen molar-refractivity contribution in [2.75, 3.05) is 6.54 Å². The second kappa shape index (κ2) is 8.93. The Morgan fingerprint density at radius 1 is 1.32 bits per heavy atom. The van der Waals surface area contributed by atoms with Crippen molar-refractivity contribution < 1.29 is 0 Å². The standard InChI is InChI=1S/C12H14BrN3S2.HI/c13-11-4-3-10(18-11)8-16-12(14)15-6-5-9-2-1-7-17-9;/h1-4,7H,5-6,8H2,(H3,14,15,16);1H. The summed E-state index contributed by atoms with van der Waals surface area (Å²) in [6.45, 7) is 1.46. The fraction of sp³-hybridized carbons (Fsp3) is 0.250. The average Bonchev–Trinajstić information content (AvgIpc) is 2.98. The molecule has 3 N–H and O–H groups in total. The van der Waals surface area contributed by atoms with E-state index >= 15 is 0 Å². The number of guanidine groups is 1. The van der Waals surface area contributed by atoms with E-state index < -0.39 is 0 Å². The maximum absolute atomic E-state index is 5.80. The van der Waals surface area contributed by atoms with Crippen molar-refractivity contribution in [3.63, 3.8) is 0 Å². The van der Waals surface area contributed by atoms with Crippen molar-refractivity contribution in [1.29, 1.82) is 0 Å². The molecule has 104 valence electrons. The Kier molecular flexibility index (Phi) is 7.96. The normalized spacial score (nSPS) is 11.1. The summed E-state index contributed by atoms with van der Waals surface area (Å²) >= 11 is 6.87. The quantitative estimate of drug-likeness (QED) is 0.395. The number of hydrogen-bond acceptors (Lipinski definition) is 3. The molecule has 0 aliphatic carbocycles. The van der Waals surface area contributed by atoms with Crippen molar-refractivity contribution in [3.05, 3.63) is 43.2 Å². The predicted molar refractivity (Wildman–Crippen MR) is 98.8 cm³/mol. The average molecular weight is 472 g/mol. The van der Waals surface area contributed by atoms with Crippen LogP contribution in [0, 0.1) is 0 Å². The molecule has 7 heteroatoms. The second-order valence-electron chi connectivity index (χ2n) is 3.66. The monoisotopic (exact) mass is 471 g/mol. The molecule has 0 aliphatic rings. The predicted octanol–water partition coefficient (Wildman–Crippen LogP) is 3.84. The molecule has 3 nitrogen and oxygen atoms in total. The Morgan fingerprint density at radius 3 is 2.79 bits per heavy atom. The summed E-state index contributed by atoms with van der Waals surface area (Å²) < 4.78 is 1.12. The summed E-state index contributed by atoms with van der Waals surface area (Å²) in [5.74, 6) is 0.510. The Balaban J connectivity index is 0.00000180. The number of nitrogens with zero attached hydrogens (tertiary/aromatic N) is 1. The highest BCUT2D eigenvalue weighted by Gasteiger charge is 1.98. The molecular weight excluding hydrogens is 457 g/mol. The zero-order valence-corrected chi connectivity index (χ0v) is 15.7. The minimum Gasteiger partial charge on any atom is -0.370 e. The lowest BCUT2D eigenvalue weighted by atomic mass is 10.3. The smallest absolute Gasteiger partial charge is 0.188 e. The minimum absolute atomic E-state index is 0. The Labute approximate surface area is 146 Å². The molecule has 0 aromatic carbocycles. The van der Waals surface area contributed by atoms with Crippen LogP contribution in [0.15, 0.2) is 38.4 Å². The highest BCUT2D eigenvalue weighted by molar-refractivity contribution is 14.0. The van der Waals surface area contributed by atoms with Crippen LogP contribution in [0.1, 0.15) is 9.75 Å². The maximum Gasteiger partial charge on any atom is 0.188 e. The van der Waals surface area contributed by atoms with Gasteiger partial charge in [-0.25, -0.2) is 4.99 Å². The van der Waals surface area contributed by atoms with Gasteiger partial charge in [0.05, 0.1) is 10.3 Å². The highest BCUT2D eigenvalue weighted by atomic mass is 127. The number of thiophene rings is 2. The van der Waals surface area contributed by atoms with Crippen LogP contribution < -0.4 is 11.1 Å². The first kappa shape index (κ1) is 16.9. The zero-order valence-electron chi connectivity index (χ0n) is 10.1. The topological polar surface area (TPSA) is 50.4 Å². The minimum atomic E-state index is 0. The van der Waals surface area contributed by atoms with Gasteiger partial charge in [0.15, 0.2) is 5.96 Å². The Bertz CT molecular complexity index is 511. The maximum atomic E-state index is 5.80. The Morgan fingerprint density at radius 2 is 2.16 bits per heavy atom. The summed E-state index contributed by atoms with van der Waals surface area (Å²) in [5, 5.41) is 5.21. The van der Waals surface area contributed by atoms with Crippen LogP contribution in [-0.2, 0) is 13.0 Å². The molecule has 0 fully saturated rings. The molecule has 0 atom stereocenters. The van der Waals surface area contributed by atoms with E-state index in [1.807, 2.05) is 6.07 Å². The van der Waals surface area contributed by atoms with Gasteiger partial charge in [0, 0.05) is 16.3 Å². The largest absolute Gasteiger partial charge is 0.370 e. The molecule has 0 unspecified atom stereocenters. The van der Waals surface area contributed by atoms with E-state index in [4.69, 9.17) is 5.73 Å². The number of nitrogens with two attached hydrogens (primary N) is 1. The van der Waals surface area contributed by atoms with Gasteiger partial charge in [-0.3, -0.25) is 0 Å². The second-order valence-corrected chi connectivity index (χ2v) is 7.24. The van der Waals surface area contributed by atoms with Crippen LogP contribution in [0.2, 0.25) is 0 Å². The van der Waals surface area contributed by atoms with E-state index in [-0.39, 0.29) is 24.0 Å². The molecule has 0 aliphatic heterocycles. The van der Waals surface area contributed by atoms with Crippen LogP contribution in [0.25, 0.3) is 0 Å². The zero-order chi connectivity index (χ0) is 12.8. The summed E-state index contributed by atoms with van der Waals surface area (Å²) in [7, 11) is 0. The summed E-state index contributed by atoms with van der Waals surface area (Å²) in [5.41, 5.74) is 5.80.